The van der Waals surface area contributed by atoms with Crippen LogP contribution in [-0.2, 0) is 17.4 Å². The molecule has 2 fully saturated rings. The van der Waals surface area contributed by atoms with Gasteiger partial charge in [-0.3, -0.25) is 9.89 Å². The number of aliphatic imine (C=N–C) groups is 1. The summed E-state index contributed by atoms with van der Waals surface area (Å²) in [4.78, 5) is 22.6. The molecule has 4 heterocycles. The van der Waals surface area contributed by atoms with Crippen LogP contribution in [0, 0.1) is 0 Å². The van der Waals surface area contributed by atoms with E-state index in [9.17, 15) is 18.0 Å². The SMILES string of the molecule is CN1CC2CCC(C1)N2C1=NC(=O)C(=C(Cc2ccc(Cl)cc2C(F)(F)F)c2ccc3[nH]ncc3c2)S1. The molecule has 0 radical (unpaired) electrons. The number of fused-ring (bicyclic) bond motifs is 3. The first-order chi connectivity index (χ1) is 17.7. The van der Waals surface area contributed by atoms with Gasteiger partial charge in [0.2, 0.25) is 0 Å². The second-order valence-corrected chi connectivity index (χ2v) is 11.2. The van der Waals surface area contributed by atoms with Gasteiger partial charge in [0.05, 0.1) is 22.2 Å². The summed E-state index contributed by atoms with van der Waals surface area (Å²) < 4.78 is 41.8. The summed E-state index contributed by atoms with van der Waals surface area (Å²) in [5.74, 6) is -0.414. The molecule has 192 valence electrons. The van der Waals surface area contributed by atoms with Crippen molar-refractivity contribution in [2.24, 2.45) is 4.99 Å². The monoisotopic (exact) mass is 545 g/mol. The fourth-order valence-corrected chi connectivity index (χ4v) is 6.96. The summed E-state index contributed by atoms with van der Waals surface area (Å²) >= 11 is 7.20. The number of nitrogens with zero attached hydrogens (tertiary/aromatic N) is 4. The number of aromatic amines is 1. The Morgan fingerprint density at radius 2 is 1.92 bits per heavy atom. The number of nitrogens with one attached hydrogen (secondary N) is 1. The lowest BCUT2D eigenvalue weighted by Gasteiger charge is -2.40. The molecule has 1 N–H and O–H groups in total. The number of amidine groups is 1. The lowest BCUT2D eigenvalue weighted by molar-refractivity contribution is -0.138. The highest BCUT2D eigenvalue weighted by Crippen LogP contribution is 2.43. The van der Waals surface area contributed by atoms with E-state index in [2.05, 4.69) is 32.0 Å². The Balaban J connectivity index is 1.43. The van der Waals surface area contributed by atoms with Crippen molar-refractivity contribution >= 4 is 50.9 Å². The maximum atomic E-state index is 13.9. The number of aromatic nitrogens is 2. The van der Waals surface area contributed by atoms with E-state index in [0.29, 0.717) is 21.2 Å². The summed E-state index contributed by atoms with van der Waals surface area (Å²) in [6.07, 6.45) is -0.963. The van der Waals surface area contributed by atoms with Crippen molar-refractivity contribution in [2.45, 2.75) is 37.5 Å². The number of allylic oxidation sites excluding steroid dienone is 1. The molecule has 2 saturated heterocycles. The summed E-state index contributed by atoms with van der Waals surface area (Å²) in [6.45, 7) is 1.79. The topological polar surface area (TPSA) is 64.6 Å². The first kappa shape index (κ1) is 24.5. The maximum Gasteiger partial charge on any atom is 0.416 e. The molecule has 2 unspecified atom stereocenters. The van der Waals surface area contributed by atoms with E-state index < -0.39 is 17.6 Å². The second kappa shape index (κ2) is 9.18. The van der Waals surface area contributed by atoms with E-state index in [1.807, 2.05) is 12.1 Å². The second-order valence-electron chi connectivity index (χ2n) is 9.77. The number of likely N-dealkylation sites (N-methyl/N-ethyl adjacent to an activating group) is 1. The number of halogens is 4. The van der Waals surface area contributed by atoms with Crippen molar-refractivity contribution in [3.63, 3.8) is 0 Å². The predicted octanol–water partition coefficient (Wildman–Crippen LogP) is 5.60. The smallest absolute Gasteiger partial charge is 0.342 e. The Kier molecular flexibility index (Phi) is 6.08. The molecule has 3 aliphatic heterocycles. The third-order valence-corrected chi connectivity index (χ3v) is 8.62. The molecule has 6 nitrogen and oxygen atoms in total. The first-order valence-corrected chi connectivity index (χ1v) is 13.2. The molecule has 37 heavy (non-hydrogen) atoms. The molecule has 3 aliphatic rings. The number of amides is 1. The Bertz CT molecular complexity index is 1450. The molecule has 2 bridgehead atoms. The highest BCUT2D eigenvalue weighted by Gasteiger charge is 2.43. The van der Waals surface area contributed by atoms with E-state index in [-0.39, 0.29) is 29.1 Å². The average Bonchev–Trinajstić information content (AvgIpc) is 3.53. The van der Waals surface area contributed by atoms with Gasteiger partial charge in [-0.1, -0.05) is 23.7 Å². The number of hydrogen-bond acceptors (Lipinski definition) is 5. The number of carbonyl (C=O) groups excluding carboxylic acids is 1. The minimum absolute atomic E-state index is 0.00701. The van der Waals surface area contributed by atoms with Crippen LogP contribution in [0.4, 0.5) is 13.2 Å². The van der Waals surface area contributed by atoms with Crippen LogP contribution in [0.3, 0.4) is 0 Å². The molecule has 6 rings (SSSR count). The lowest BCUT2D eigenvalue weighted by atomic mass is 9.93. The molecule has 11 heteroatoms. The Hall–Kier alpha value is -2.82. The summed E-state index contributed by atoms with van der Waals surface area (Å²) in [7, 11) is 2.09. The molecule has 1 aromatic heterocycles. The van der Waals surface area contributed by atoms with Gasteiger partial charge in [-0.05, 0) is 79.0 Å². The molecule has 3 aromatic rings. The third-order valence-electron chi connectivity index (χ3n) is 7.28. The summed E-state index contributed by atoms with van der Waals surface area (Å²) in [5.41, 5.74) is 1.20. The number of piperazine rings is 1. The summed E-state index contributed by atoms with van der Waals surface area (Å²) in [6, 6.07) is 9.79. The largest absolute Gasteiger partial charge is 0.416 e. The standard InChI is InChI=1S/C26H23ClF3N5OS/c1-34-12-18-5-6-19(13-34)35(18)25-32-24(36)23(37-25)20(14-3-7-22-16(8-14)11-31-33-22)9-15-2-4-17(27)10-21(15)26(28,29)30/h2-4,7-8,10-11,18-19H,5-6,9,12-13H2,1H3,(H,31,33). The van der Waals surface area contributed by atoms with Gasteiger partial charge in [0.25, 0.3) is 5.91 Å². The van der Waals surface area contributed by atoms with Gasteiger partial charge in [0, 0.05) is 35.6 Å². The zero-order valence-corrected chi connectivity index (χ0v) is 21.4. The highest BCUT2D eigenvalue weighted by molar-refractivity contribution is 8.18. The van der Waals surface area contributed by atoms with Crippen LogP contribution in [0.1, 0.15) is 29.5 Å². The molecule has 0 aliphatic carbocycles. The van der Waals surface area contributed by atoms with Gasteiger partial charge in [0.1, 0.15) is 0 Å². The minimum atomic E-state index is -4.59. The van der Waals surface area contributed by atoms with Gasteiger partial charge in [-0.2, -0.15) is 23.3 Å². The zero-order valence-electron chi connectivity index (χ0n) is 19.8. The van der Waals surface area contributed by atoms with Crippen LogP contribution in [0.2, 0.25) is 5.02 Å². The van der Waals surface area contributed by atoms with Crippen molar-refractivity contribution in [2.75, 3.05) is 20.1 Å². The maximum absolute atomic E-state index is 13.9. The van der Waals surface area contributed by atoms with Crippen molar-refractivity contribution in [3.8, 4) is 0 Å². The number of H-pyrrole nitrogens is 1. The number of carbonyl (C=O) groups is 1. The third kappa shape index (κ3) is 4.55. The van der Waals surface area contributed by atoms with Crippen LogP contribution in [0.5, 0.6) is 0 Å². The van der Waals surface area contributed by atoms with Gasteiger partial charge < -0.3 is 9.80 Å². The fourth-order valence-electron chi connectivity index (χ4n) is 5.62. The molecule has 2 atom stereocenters. The Labute approximate surface area is 220 Å². The molecule has 2 aromatic carbocycles. The molecule has 1 amide bonds. The number of rotatable bonds is 3. The number of alkyl halides is 3. The molecule has 0 saturated carbocycles. The Morgan fingerprint density at radius 1 is 1.16 bits per heavy atom. The lowest BCUT2D eigenvalue weighted by Crippen LogP contribution is -2.53. The van der Waals surface area contributed by atoms with Crippen LogP contribution < -0.4 is 0 Å². The van der Waals surface area contributed by atoms with Crippen LogP contribution in [-0.4, -0.2) is 63.3 Å². The number of thioether (sulfide) groups is 1. The van der Waals surface area contributed by atoms with Crippen LogP contribution in [0.25, 0.3) is 16.5 Å². The van der Waals surface area contributed by atoms with Crippen molar-refractivity contribution in [1.29, 1.82) is 0 Å². The zero-order chi connectivity index (χ0) is 25.9. The van der Waals surface area contributed by atoms with Gasteiger partial charge in [0.15, 0.2) is 5.17 Å². The van der Waals surface area contributed by atoms with Crippen molar-refractivity contribution < 1.29 is 18.0 Å². The molecule has 0 spiro atoms. The van der Waals surface area contributed by atoms with Crippen molar-refractivity contribution in [3.05, 3.63) is 69.2 Å². The molecular weight excluding hydrogens is 523 g/mol. The average molecular weight is 546 g/mol. The first-order valence-electron chi connectivity index (χ1n) is 12.0. The van der Waals surface area contributed by atoms with Crippen LogP contribution >= 0.6 is 23.4 Å². The van der Waals surface area contributed by atoms with Gasteiger partial charge >= 0.3 is 6.18 Å². The number of hydrogen-bond donors (Lipinski definition) is 1. The number of benzene rings is 2. The summed E-state index contributed by atoms with van der Waals surface area (Å²) in [5, 5.41) is 8.39. The van der Waals surface area contributed by atoms with E-state index >= 15 is 0 Å². The molecular formula is C26H23ClF3N5OS. The van der Waals surface area contributed by atoms with E-state index in [1.54, 1.807) is 12.3 Å². The van der Waals surface area contributed by atoms with Crippen LogP contribution in [0.15, 0.2) is 52.5 Å². The normalized spacial score (nSPS) is 23.8. The van der Waals surface area contributed by atoms with Gasteiger partial charge in [-0.15, -0.1) is 0 Å². The predicted molar refractivity (Wildman–Crippen MR) is 139 cm³/mol. The fraction of sp³-hybridized carbons (Fsp3) is 0.346. The van der Waals surface area contributed by atoms with Crippen molar-refractivity contribution in [1.82, 2.24) is 20.0 Å². The van der Waals surface area contributed by atoms with E-state index in [0.717, 1.165) is 42.9 Å². The van der Waals surface area contributed by atoms with Gasteiger partial charge in [-0.25, -0.2) is 0 Å². The highest BCUT2D eigenvalue weighted by atomic mass is 35.5. The minimum Gasteiger partial charge on any atom is -0.342 e. The van der Waals surface area contributed by atoms with E-state index in [1.165, 1.54) is 23.9 Å². The number of likely N-dealkylation sites (tertiary alicyclic amines) is 1. The quantitative estimate of drug-likeness (QED) is 0.434. The van der Waals surface area contributed by atoms with E-state index in [4.69, 9.17) is 11.6 Å². The Morgan fingerprint density at radius 3 is 2.65 bits per heavy atom.